The van der Waals surface area contributed by atoms with Crippen LogP contribution in [0.15, 0.2) is 48.5 Å². The second-order valence-electron chi connectivity index (χ2n) is 10.3. The van der Waals surface area contributed by atoms with Crippen molar-refractivity contribution in [2.24, 2.45) is 0 Å². The van der Waals surface area contributed by atoms with Crippen LogP contribution in [-0.4, -0.2) is 22.0 Å². The number of hydrogen-bond donors (Lipinski definition) is 0. The predicted molar refractivity (Wildman–Crippen MR) is 147 cm³/mol. The van der Waals surface area contributed by atoms with E-state index in [4.69, 9.17) is 4.98 Å². The maximum absolute atomic E-state index is 13.0. The third-order valence-corrected chi connectivity index (χ3v) is 7.48. The van der Waals surface area contributed by atoms with E-state index in [1.807, 2.05) is 4.90 Å². The summed E-state index contributed by atoms with van der Waals surface area (Å²) < 4.78 is 2.40. The van der Waals surface area contributed by atoms with Gasteiger partial charge in [0.25, 0.3) is 0 Å². The van der Waals surface area contributed by atoms with Crippen LogP contribution in [0.4, 0.5) is 5.69 Å². The number of carbonyl (C=O) groups is 1. The zero-order valence-electron chi connectivity index (χ0n) is 21.8. The number of rotatable bonds is 14. The average molecular weight is 474 g/mol. The standard InChI is InChI=1S/C31H43N3O/c1-3-5-7-8-9-10-11-14-22-33-29-17-13-12-16-28(29)32-31(33)26-23-30(35)34(24-26)27-20-18-25(19-21-27)15-6-4-2/h12-13,16-21,26H,3-11,14-15,22-24H2,1-2H3. The molecule has 1 fully saturated rings. The third-order valence-electron chi connectivity index (χ3n) is 7.48. The predicted octanol–water partition coefficient (Wildman–Crippen LogP) is 8.04. The number of unbranched alkanes of at least 4 members (excludes halogenated alkanes) is 8. The van der Waals surface area contributed by atoms with Crippen molar-refractivity contribution in [1.82, 2.24) is 9.55 Å². The first-order chi connectivity index (χ1) is 17.2. The van der Waals surface area contributed by atoms with E-state index in [1.165, 1.54) is 75.3 Å². The van der Waals surface area contributed by atoms with E-state index >= 15 is 0 Å². The van der Waals surface area contributed by atoms with E-state index in [2.05, 4.69) is 66.9 Å². The van der Waals surface area contributed by atoms with E-state index < -0.39 is 0 Å². The maximum Gasteiger partial charge on any atom is 0.227 e. The Kier molecular flexibility index (Phi) is 9.39. The number of aromatic nitrogens is 2. The number of fused-ring (bicyclic) bond motifs is 1. The molecule has 0 aliphatic carbocycles. The first-order valence-electron chi connectivity index (χ1n) is 14.1. The molecule has 4 nitrogen and oxygen atoms in total. The van der Waals surface area contributed by atoms with Crippen molar-refractivity contribution in [3.05, 3.63) is 59.9 Å². The summed E-state index contributed by atoms with van der Waals surface area (Å²) in [5, 5.41) is 0. The molecular weight excluding hydrogens is 430 g/mol. The van der Waals surface area contributed by atoms with Crippen LogP contribution in [0.25, 0.3) is 11.0 Å². The Morgan fingerprint density at radius 3 is 2.26 bits per heavy atom. The Bertz CT molecular complexity index is 1070. The van der Waals surface area contributed by atoms with Gasteiger partial charge in [0.1, 0.15) is 5.82 Å². The minimum Gasteiger partial charge on any atom is -0.328 e. The van der Waals surface area contributed by atoms with Crippen molar-refractivity contribution in [2.45, 2.75) is 103 Å². The van der Waals surface area contributed by atoms with Gasteiger partial charge in [0, 0.05) is 31.1 Å². The zero-order chi connectivity index (χ0) is 24.5. The van der Waals surface area contributed by atoms with Gasteiger partial charge in [-0.05, 0) is 49.1 Å². The largest absolute Gasteiger partial charge is 0.328 e. The topological polar surface area (TPSA) is 38.1 Å². The van der Waals surface area contributed by atoms with Crippen LogP contribution in [0.1, 0.15) is 102 Å². The van der Waals surface area contributed by atoms with Crippen molar-refractivity contribution in [1.29, 1.82) is 0 Å². The van der Waals surface area contributed by atoms with Crippen LogP contribution in [0.2, 0.25) is 0 Å². The number of benzene rings is 2. The van der Waals surface area contributed by atoms with Crippen molar-refractivity contribution in [3.63, 3.8) is 0 Å². The molecule has 1 aliphatic rings. The maximum atomic E-state index is 13.0. The molecule has 2 heterocycles. The molecule has 0 radical (unpaired) electrons. The molecule has 0 spiro atoms. The molecule has 1 aromatic heterocycles. The third kappa shape index (κ3) is 6.54. The van der Waals surface area contributed by atoms with Crippen LogP contribution < -0.4 is 4.90 Å². The highest BCUT2D eigenvalue weighted by atomic mass is 16.2. The summed E-state index contributed by atoms with van der Waals surface area (Å²) >= 11 is 0. The lowest BCUT2D eigenvalue weighted by Crippen LogP contribution is -2.24. The molecule has 1 amide bonds. The lowest BCUT2D eigenvalue weighted by molar-refractivity contribution is -0.117. The van der Waals surface area contributed by atoms with Crippen LogP contribution in [0.3, 0.4) is 0 Å². The van der Waals surface area contributed by atoms with Crippen LogP contribution in [0.5, 0.6) is 0 Å². The molecule has 35 heavy (non-hydrogen) atoms. The van der Waals surface area contributed by atoms with Gasteiger partial charge in [0.05, 0.1) is 11.0 Å². The van der Waals surface area contributed by atoms with Gasteiger partial charge in [0.15, 0.2) is 0 Å². The summed E-state index contributed by atoms with van der Waals surface area (Å²) in [7, 11) is 0. The van der Waals surface area contributed by atoms with Crippen molar-refractivity contribution < 1.29 is 4.79 Å². The molecule has 1 aliphatic heterocycles. The van der Waals surface area contributed by atoms with Crippen LogP contribution in [-0.2, 0) is 17.8 Å². The fourth-order valence-corrected chi connectivity index (χ4v) is 5.40. The Balaban J connectivity index is 1.42. The van der Waals surface area contributed by atoms with E-state index in [0.717, 1.165) is 30.0 Å². The molecule has 4 heteroatoms. The number of anilines is 1. The Morgan fingerprint density at radius 1 is 0.829 bits per heavy atom. The summed E-state index contributed by atoms with van der Waals surface area (Å²) in [5.41, 5.74) is 4.62. The minimum absolute atomic E-state index is 0.142. The SMILES string of the molecule is CCCCCCCCCCn1c(C2CC(=O)N(c3ccc(CCCC)cc3)C2)nc2ccccc21. The Hall–Kier alpha value is -2.62. The van der Waals surface area contributed by atoms with Gasteiger partial charge >= 0.3 is 0 Å². The summed E-state index contributed by atoms with van der Waals surface area (Å²) in [6.45, 7) is 6.20. The van der Waals surface area contributed by atoms with E-state index in [-0.39, 0.29) is 11.8 Å². The quantitative estimate of drug-likeness (QED) is 0.222. The highest BCUT2D eigenvalue weighted by molar-refractivity contribution is 5.96. The number of amides is 1. The normalized spacial score (nSPS) is 16.0. The molecule has 4 rings (SSSR count). The first kappa shape index (κ1) is 25.5. The first-order valence-corrected chi connectivity index (χ1v) is 14.1. The number of carbonyl (C=O) groups excluding carboxylic acids is 1. The number of imidazole rings is 1. The molecular formula is C31H43N3O. The van der Waals surface area contributed by atoms with E-state index in [1.54, 1.807) is 0 Å². The second kappa shape index (κ2) is 12.9. The smallest absolute Gasteiger partial charge is 0.227 e. The monoisotopic (exact) mass is 473 g/mol. The van der Waals surface area contributed by atoms with Gasteiger partial charge in [-0.2, -0.15) is 0 Å². The van der Waals surface area contributed by atoms with Crippen molar-refractivity contribution in [2.75, 3.05) is 11.4 Å². The van der Waals surface area contributed by atoms with Gasteiger partial charge in [-0.25, -0.2) is 4.98 Å². The highest BCUT2D eigenvalue weighted by Gasteiger charge is 2.34. The summed E-state index contributed by atoms with van der Waals surface area (Å²) in [6.07, 6.45) is 14.6. The van der Waals surface area contributed by atoms with Crippen LogP contribution >= 0.6 is 0 Å². The molecule has 2 aromatic carbocycles. The van der Waals surface area contributed by atoms with Gasteiger partial charge in [-0.15, -0.1) is 0 Å². The Labute approximate surface area is 211 Å². The zero-order valence-corrected chi connectivity index (χ0v) is 21.8. The second-order valence-corrected chi connectivity index (χ2v) is 10.3. The summed E-state index contributed by atoms with van der Waals surface area (Å²) in [6, 6.07) is 17.1. The summed E-state index contributed by atoms with van der Waals surface area (Å²) in [4.78, 5) is 20.0. The Morgan fingerprint density at radius 2 is 1.51 bits per heavy atom. The molecule has 1 atom stereocenters. The lowest BCUT2D eigenvalue weighted by Gasteiger charge is -2.18. The van der Waals surface area contributed by atoms with Gasteiger partial charge < -0.3 is 9.47 Å². The molecule has 1 saturated heterocycles. The molecule has 188 valence electrons. The van der Waals surface area contributed by atoms with E-state index in [0.29, 0.717) is 13.0 Å². The molecule has 0 bridgehead atoms. The number of aryl methyl sites for hydroxylation is 2. The van der Waals surface area contributed by atoms with Gasteiger partial charge in [0.2, 0.25) is 5.91 Å². The fraction of sp³-hybridized carbons (Fsp3) is 0.548. The molecule has 3 aromatic rings. The minimum atomic E-state index is 0.142. The molecule has 1 unspecified atom stereocenters. The van der Waals surface area contributed by atoms with Crippen molar-refractivity contribution >= 4 is 22.6 Å². The average Bonchev–Trinajstić information content (AvgIpc) is 3.45. The number of nitrogens with zero attached hydrogens (tertiary/aromatic N) is 3. The number of hydrogen-bond acceptors (Lipinski definition) is 2. The summed E-state index contributed by atoms with van der Waals surface area (Å²) in [5.74, 6) is 1.44. The van der Waals surface area contributed by atoms with Crippen LogP contribution in [0, 0.1) is 0 Å². The van der Waals surface area contributed by atoms with Crippen molar-refractivity contribution in [3.8, 4) is 0 Å². The van der Waals surface area contributed by atoms with E-state index in [9.17, 15) is 4.79 Å². The lowest BCUT2D eigenvalue weighted by atomic mass is 10.1. The van der Waals surface area contributed by atoms with Gasteiger partial charge in [-0.3, -0.25) is 4.79 Å². The number of para-hydroxylation sites is 2. The highest BCUT2D eigenvalue weighted by Crippen LogP contribution is 2.33. The molecule has 0 N–H and O–H groups in total. The molecule has 0 saturated carbocycles. The van der Waals surface area contributed by atoms with Gasteiger partial charge in [-0.1, -0.05) is 89.5 Å². The fourth-order valence-electron chi connectivity index (χ4n) is 5.40.